The first-order chi connectivity index (χ1) is 7.65. The zero-order chi connectivity index (χ0) is 11.5. The fourth-order valence-electron chi connectivity index (χ4n) is 1.33. The number of nitrogens with zero attached hydrogens (tertiary/aromatic N) is 2. The van der Waals surface area contributed by atoms with Crippen LogP contribution in [0.1, 0.15) is 5.69 Å². The molecule has 0 bridgehead atoms. The summed E-state index contributed by atoms with van der Waals surface area (Å²) in [5.41, 5.74) is 13.5. The lowest BCUT2D eigenvalue weighted by molar-refractivity contribution is 1.20. The summed E-state index contributed by atoms with van der Waals surface area (Å²) in [6, 6.07) is 7.29. The molecule has 2 heterocycles. The first kappa shape index (κ1) is 10.2. The Labute approximate surface area is 93.5 Å². The number of nitrogens with two attached hydrogens (primary N) is 2. The second-order valence-corrected chi connectivity index (χ2v) is 3.48. The Balaban J connectivity index is 2.24. The smallest absolute Gasteiger partial charge is 0.149 e. The number of hydrogen-bond donors (Lipinski definition) is 3. The maximum absolute atomic E-state index is 5.62. The van der Waals surface area contributed by atoms with Crippen LogP contribution in [0.2, 0.25) is 0 Å². The van der Waals surface area contributed by atoms with E-state index in [1.807, 2.05) is 19.1 Å². The van der Waals surface area contributed by atoms with Crippen LogP contribution in [0.3, 0.4) is 0 Å². The predicted octanol–water partition coefficient (Wildman–Crippen LogP) is 1.69. The minimum atomic E-state index is 0.329. The number of nitrogen functional groups attached to an aromatic ring is 2. The first-order valence-electron chi connectivity index (χ1n) is 4.87. The van der Waals surface area contributed by atoms with Crippen LogP contribution in [0.5, 0.6) is 0 Å². The maximum atomic E-state index is 5.62. The summed E-state index contributed by atoms with van der Waals surface area (Å²) >= 11 is 0. The van der Waals surface area contributed by atoms with Gasteiger partial charge in [-0.05, 0) is 31.2 Å². The van der Waals surface area contributed by atoms with Gasteiger partial charge in [-0.2, -0.15) is 0 Å². The largest absolute Gasteiger partial charge is 0.396 e. The minimum absolute atomic E-state index is 0.329. The number of rotatable bonds is 2. The lowest BCUT2D eigenvalue weighted by Crippen LogP contribution is -2.01. The molecule has 0 atom stereocenters. The summed E-state index contributed by atoms with van der Waals surface area (Å²) in [5.74, 6) is 0.994. The first-order valence-corrected chi connectivity index (χ1v) is 4.87. The molecular weight excluding hydrogens is 202 g/mol. The van der Waals surface area contributed by atoms with Gasteiger partial charge in [-0.1, -0.05) is 0 Å². The Morgan fingerprint density at radius 3 is 2.69 bits per heavy atom. The fourth-order valence-corrected chi connectivity index (χ4v) is 1.33. The van der Waals surface area contributed by atoms with Crippen molar-refractivity contribution < 1.29 is 0 Å². The zero-order valence-corrected chi connectivity index (χ0v) is 8.94. The van der Waals surface area contributed by atoms with Gasteiger partial charge in [0.15, 0.2) is 0 Å². The molecule has 2 aromatic rings. The van der Waals surface area contributed by atoms with Crippen LogP contribution in [0, 0.1) is 6.92 Å². The van der Waals surface area contributed by atoms with Crippen molar-refractivity contribution in [1.82, 2.24) is 9.97 Å². The molecule has 0 amide bonds. The Hall–Kier alpha value is -2.30. The van der Waals surface area contributed by atoms with E-state index in [1.54, 1.807) is 18.3 Å². The highest BCUT2D eigenvalue weighted by molar-refractivity contribution is 5.65. The minimum Gasteiger partial charge on any atom is -0.396 e. The van der Waals surface area contributed by atoms with E-state index >= 15 is 0 Å². The zero-order valence-electron chi connectivity index (χ0n) is 8.94. The second-order valence-electron chi connectivity index (χ2n) is 3.48. The van der Waals surface area contributed by atoms with Crippen LogP contribution in [0.4, 0.5) is 23.0 Å². The SMILES string of the molecule is Cc1cc(Nc2ccc(N)c(N)n2)ccn1. The molecule has 0 unspecified atom stereocenters. The van der Waals surface area contributed by atoms with Crippen molar-refractivity contribution in [3.05, 3.63) is 36.2 Å². The molecule has 5 heteroatoms. The lowest BCUT2D eigenvalue weighted by Gasteiger charge is -2.07. The molecule has 0 aliphatic carbocycles. The molecule has 0 saturated heterocycles. The van der Waals surface area contributed by atoms with Crippen LogP contribution in [-0.4, -0.2) is 9.97 Å². The van der Waals surface area contributed by atoms with Crippen molar-refractivity contribution in [2.75, 3.05) is 16.8 Å². The van der Waals surface area contributed by atoms with E-state index in [-0.39, 0.29) is 0 Å². The Kier molecular flexibility index (Phi) is 2.59. The average molecular weight is 215 g/mol. The Bertz CT molecular complexity index is 509. The molecule has 16 heavy (non-hydrogen) atoms. The van der Waals surface area contributed by atoms with Crippen molar-refractivity contribution in [1.29, 1.82) is 0 Å². The van der Waals surface area contributed by atoms with Gasteiger partial charge >= 0.3 is 0 Å². The summed E-state index contributed by atoms with van der Waals surface area (Å²) in [4.78, 5) is 8.23. The van der Waals surface area contributed by atoms with E-state index in [2.05, 4.69) is 15.3 Å². The molecule has 5 nitrogen and oxygen atoms in total. The van der Waals surface area contributed by atoms with Gasteiger partial charge in [0.1, 0.15) is 11.6 Å². The molecule has 0 aliphatic rings. The molecule has 2 aromatic heterocycles. The van der Waals surface area contributed by atoms with Gasteiger partial charge < -0.3 is 16.8 Å². The third kappa shape index (κ3) is 2.20. The number of aryl methyl sites for hydroxylation is 1. The van der Waals surface area contributed by atoms with Crippen molar-refractivity contribution in [2.45, 2.75) is 6.92 Å². The molecule has 0 radical (unpaired) electrons. The van der Waals surface area contributed by atoms with Gasteiger partial charge in [-0.3, -0.25) is 4.98 Å². The van der Waals surface area contributed by atoms with Crippen LogP contribution in [0.15, 0.2) is 30.5 Å². The summed E-state index contributed by atoms with van der Waals surface area (Å²) in [5, 5.41) is 3.13. The predicted molar refractivity (Wildman–Crippen MR) is 65.3 cm³/mol. The van der Waals surface area contributed by atoms with Crippen LogP contribution in [0.25, 0.3) is 0 Å². The summed E-state index contributed by atoms with van der Waals surface area (Å²) < 4.78 is 0. The number of nitrogens with one attached hydrogen (secondary N) is 1. The molecule has 0 saturated carbocycles. The van der Waals surface area contributed by atoms with Crippen LogP contribution >= 0.6 is 0 Å². The number of aromatic nitrogens is 2. The van der Waals surface area contributed by atoms with Gasteiger partial charge in [0.25, 0.3) is 0 Å². The fraction of sp³-hybridized carbons (Fsp3) is 0.0909. The number of anilines is 4. The highest BCUT2D eigenvalue weighted by Crippen LogP contribution is 2.18. The molecule has 5 N–H and O–H groups in total. The molecular formula is C11H13N5. The normalized spacial score (nSPS) is 10.1. The van der Waals surface area contributed by atoms with E-state index in [1.165, 1.54) is 0 Å². The molecule has 82 valence electrons. The Morgan fingerprint density at radius 2 is 2.00 bits per heavy atom. The highest BCUT2D eigenvalue weighted by Gasteiger charge is 2.00. The number of hydrogen-bond acceptors (Lipinski definition) is 5. The molecule has 0 fully saturated rings. The van der Waals surface area contributed by atoms with E-state index in [9.17, 15) is 0 Å². The van der Waals surface area contributed by atoms with Gasteiger partial charge in [-0.25, -0.2) is 4.98 Å². The van der Waals surface area contributed by atoms with E-state index in [0.717, 1.165) is 11.4 Å². The molecule has 0 spiro atoms. The Morgan fingerprint density at radius 1 is 1.19 bits per heavy atom. The van der Waals surface area contributed by atoms with Crippen molar-refractivity contribution in [3.8, 4) is 0 Å². The second kappa shape index (κ2) is 4.06. The monoisotopic (exact) mass is 215 g/mol. The average Bonchev–Trinajstić information content (AvgIpc) is 2.24. The third-order valence-corrected chi connectivity index (χ3v) is 2.13. The summed E-state index contributed by atoms with van der Waals surface area (Å²) in [6.07, 6.45) is 1.73. The quantitative estimate of drug-likeness (QED) is 0.709. The maximum Gasteiger partial charge on any atom is 0.149 e. The van der Waals surface area contributed by atoms with Gasteiger partial charge in [0.05, 0.1) is 5.69 Å². The van der Waals surface area contributed by atoms with Crippen LogP contribution in [-0.2, 0) is 0 Å². The standard InChI is InChI=1S/C11H13N5/c1-7-6-8(4-5-14-7)15-10-3-2-9(12)11(13)16-10/h2-6H,12H2,1H3,(H3,13,14,15,16). The van der Waals surface area contributed by atoms with Gasteiger partial charge in [-0.15, -0.1) is 0 Å². The third-order valence-electron chi connectivity index (χ3n) is 2.13. The van der Waals surface area contributed by atoms with Crippen molar-refractivity contribution in [3.63, 3.8) is 0 Å². The van der Waals surface area contributed by atoms with Gasteiger partial charge in [0, 0.05) is 17.6 Å². The van der Waals surface area contributed by atoms with E-state index in [0.29, 0.717) is 17.3 Å². The molecule has 0 aliphatic heterocycles. The molecule has 2 rings (SSSR count). The van der Waals surface area contributed by atoms with Gasteiger partial charge in [0.2, 0.25) is 0 Å². The molecule has 0 aromatic carbocycles. The van der Waals surface area contributed by atoms with Crippen molar-refractivity contribution >= 4 is 23.0 Å². The van der Waals surface area contributed by atoms with Crippen molar-refractivity contribution in [2.24, 2.45) is 0 Å². The lowest BCUT2D eigenvalue weighted by atomic mass is 10.3. The number of pyridine rings is 2. The van der Waals surface area contributed by atoms with E-state index in [4.69, 9.17) is 11.5 Å². The van der Waals surface area contributed by atoms with Crippen LogP contribution < -0.4 is 16.8 Å². The summed E-state index contributed by atoms with van der Waals surface area (Å²) in [6.45, 7) is 1.93. The summed E-state index contributed by atoms with van der Waals surface area (Å²) in [7, 11) is 0. The van der Waals surface area contributed by atoms with E-state index < -0.39 is 0 Å². The topological polar surface area (TPSA) is 89.8 Å². The highest BCUT2D eigenvalue weighted by atomic mass is 15.0.